The molecule has 2 N–H and O–H groups in total. The van der Waals surface area contributed by atoms with Gasteiger partial charge in [0.2, 0.25) is 0 Å². The SMILES string of the molecule is CC(c1n[nH]c(=O)n1C)N(C(=O)O)C(C)(C)C. The fourth-order valence-electron chi connectivity index (χ4n) is 1.88. The Kier molecular flexibility index (Phi) is 3.30. The Balaban J connectivity index is 3.18. The molecule has 0 bridgehead atoms. The van der Waals surface area contributed by atoms with Crippen LogP contribution in [-0.4, -0.2) is 36.4 Å². The van der Waals surface area contributed by atoms with Crippen LogP contribution in [0.3, 0.4) is 0 Å². The van der Waals surface area contributed by atoms with Crippen molar-refractivity contribution in [3.8, 4) is 0 Å². The molecule has 1 rings (SSSR count). The molecular formula is C10H18N4O3. The van der Waals surface area contributed by atoms with E-state index in [1.165, 1.54) is 9.47 Å². The number of amides is 1. The molecular weight excluding hydrogens is 224 g/mol. The predicted octanol–water partition coefficient (Wildman–Crippen LogP) is 0.948. The Labute approximate surface area is 99.1 Å². The minimum atomic E-state index is -1.04. The summed E-state index contributed by atoms with van der Waals surface area (Å²) >= 11 is 0. The molecule has 7 heteroatoms. The summed E-state index contributed by atoms with van der Waals surface area (Å²) in [5.74, 6) is 0.396. The van der Waals surface area contributed by atoms with Crippen molar-refractivity contribution in [3.63, 3.8) is 0 Å². The number of aromatic nitrogens is 3. The van der Waals surface area contributed by atoms with Crippen LogP contribution in [0.15, 0.2) is 4.79 Å². The van der Waals surface area contributed by atoms with Crippen LogP contribution in [0.25, 0.3) is 0 Å². The van der Waals surface area contributed by atoms with Gasteiger partial charge in [-0.1, -0.05) is 0 Å². The normalized spacial score (nSPS) is 13.5. The average Bonchev–Trinajstić information content (AvgIpc) is 2.44. The second-order valence-electron chi connectivity index (χ2n) is 4.95. The van der Waals surface area contributed by atoms with E-state index in [0.29, 0.717) is 5.82 Å². The molecule has 0 spiro atoms. The minimum absolute atomic E-state index is 0.355. The maximum absolute atomic E-state index is 11.3. The van der Waals surface area contributed by atoms with Crippen molar-refractivity contribution >= 4 is 6.09 Å². The second-order valence-corrected chi connectivity index (χ2v) is 4.95. The van der Waals surface area contributed by atoms with Crippen LogP contribution < -0.4 is 5.69 Å². The molecule has 0 aliphatic carbocycles. The fraction of sp³-hybridized carbons (Fsp3) is 0.700. The zero-order chi connectivity index (χ0) is 13.4. The molecule has 0 saturated heterocycles. The summed E-state index contributed by atoms with van der Waals surface area (Å²) in [6, 6.07) is -0.503. The molecule has 0 radical (unpaired) electrons. The quantitative estimate of drug-likeness (QED) is 0.807. The number of hydrogen-bond acceptors (Lipinski definition) is 3. The van der Waals surface area contributed by atoms with Crippen molar-refractivity contribution < 1.29 is 9.90 Å². The van der Waals surface area contributed by atoms with E-state index in [-0.39, 0.29) is 5.69 Å². The number of nitrogens with one attached hydrogen (secondary N) is 1. The third kappa shape index (κ3) is 2.48. The van der Waals surface area contributed by atoms with Crippen LogP contribution in [0.1, 0.15) is 39.6 Å². The number of aromatic amines is 1. The summed E-state index contributed by atoms with van der Waals surface area (Å²) < 4.78 is 1.31. The van der Waals surface area contributed by atoms with Crippen molar-refractivity contribution in [2.75, 3.05) is 0 Å². The minimum Gasteiger partial charge on any atom is -0.465 e. The van der Waals surface area contributed by atoms with E-state index in [9.17, 15) is 14.7 Å². The lowest BCUT2D eigenvalue weighted by molar-refractivity contribution is 0.0717. The molecule has 1 aromatic heterocycles. The summed E-state index contributed by atoms with van der Waals surface area (Å²) in [6.45, 7) is 7.09. The highest BCUT2D eigenvalue weighted by Crippen LogP contribution is 2.25. The van der Waals surface area contributed by atoms with Crippen LogP contribution in [0, 0.1) is 0 Å². The maximum atomic E-state index is 11.3. The van der Waals surface area contributed by atoms with Gasteiger partial charge in [-0.2, -0.15) is 5.10 Å². The van der Waals surface area contributed by atoms with Crippen molar-refractivity contribution in [3.05, 3.63) is 16.3 Å². The number of H-pyrrole nitrogens is 1. The van der Waals surface area contributed by atoms with Gasteiger partial charge in [-0.05, 0) is 27.7 Å². The number of nitrogens with zero attached hydrogens (tertiary/aromatic N) is 3. The Morgan fingerprint density at radius 3 is 2.35 bits per heavy atom. The first-order valence-corrected chi connectivity index (χ1v) is 5.29. The Hall–Kier alpha value is -1.79. The molecule has 1 heterocycles. The van der Waals surface area contributed by atoms with Gasteiger partial charge in [-0.15, -0.1) is 0 Å². The molecule has 1 atom stereocenters. The monoisotopic (exact) mass is 242 g/mol. The largest absolute Gasteiger partial charge is 0.465 e. The first kappa shape index (κ1) is 13.3. The average molecular weight is 242 g/mol. The number of carbonyl (C=O) groups is 1. The van der Waals surface area contributed by atoms with Crippen molar-refractivity contribution in [2.45, 2.75) is 39.3 Å². The van der Waals surface area contributed by atoms with E-state index in [2.05, 4.69) is 10.2 Å². The van der Waals surface area contributed by atoms with Gasteiger partial charge in [0.25, 0.3) is 0 Å². The van der Waals surface area contributed by atoms with Crippen LogP contribution in [0.2, 0.25) is 0 Å². The third-order valence-corrected chi connectivity index (χ3v) is 2.60. The van der Waals surface area contributed by atoms with Crippen molar-refractivity contribution in [1.82, 2.24) is 19.7 Å². The number of hydrogen-bond donors (Lipinski definition) is 2. The Morgan fingerprint density at radius 1 is 1.53 bits per heavy atom. The summed E-state index contributed by atoms with van der Waals surface area (Å²) in [6.07, 6.45) is -1.04. The highest BCUT2D eigenvalue weighted by atomic mass is 16.4. The van der Waals surface area contributed by atoms with E-state index < -0.39 is 17.7 Å². The van der Waals surface area contributed by atoms with Crippen LogP contribution in [0.5, 0.6) is 0 Å². The number of rotatable bonds is 2. The van der Waals surface area contributed by atoms with Crippen molar-refractivity contribution in [2.24, 2.45) is 7.05 Å². The second kappa shape index (κ2) is 4.23. The van der Waals surface area contributed by atoms with Crippen LogP contribution in [0.4, 0.5) is 4.79 Å². The first-order chi connectivity index (χ1) is 7.66. The third-order valence-electron chi connectivity index (χ3n) is 2.60. The standard InChI is InChI=1S/C10H18N4O3/c1-6(7-11-12-8(15)13(7)5)14(9(16)17)10(2,3)4/h6H,1-5H3,(H,12,15)(H,16,17). The molecule has 7 nitrogen and oxygen atoms in total. The van der Waals surface area contributed by atoms with E-state index in [4.69, 9.17) is 0 Å². The molecule has 96 valence electrons. The molecule has 0 saturated carbocycles. The number of carboxylic acid groups (broad SMARTS) is 1. The summed E-state index contributed by atoms with van der Waals surface area (Å²) in [5, 5.41) is 15.4. The Morgan fingerprint density at radius 2 is 2.06 bits per heavy atom. The lowest BCUT2D eigenvalue weighted by Crippen LogP contribution is -2.47. The summed E-state index contributed by atoms with van der Waals surface area (Å²) in [4.78, 5) is 23.8. The molecule has 0 aliphatic heterocycles. The predicted molar refractivity (Wildman–Crippen MR) is 61.9 cm³/mol. The smallest absolute Gasteiger partial charge is 0.408 e. The molecule has 1 amide bonds. The fourth-order valence-corrected chi connectivity index (χ4v) is 1.88. The van der Waals surface area contributed by atoms with Gasteiger partial charge in [0.05, 0.1) is 6.04 Å². The van der Waals surface area contributed by atoms with Gasteiger partial charge < -0.3 is 5.11 Å². The lowest BCUT2D eigenvalue weighted by atomic mass is 10.0. The van der Waals surface area contributed by atoms with E-state index in [1.807, 2.05) is 0 Å². The van der Waals surface area contributed by atoms with E-state index >= 15 is 0 Å². The van der Waals surface area contributed by atoms with Crippen LogP contribution in [-0.2, 0) is 7.05 Å². The van der Waals surface area contributed by atoms with Gasteiger partial charge >= 0.3 is 11.8 Å². The Bertz CT molecular complexity index is 469. The topological polar surface area (TPSA) is 91.2 Å². The molecule has 0 aliphatic rings. The highest BCUT2D eigenvalue weighted by molar-refractivity contribution is 5.66. The summed E-state index contributed by atoms with van der Waals surface area (Å²) in [5.41, 5.74) is -0.925. The van der Waals surface area contributed by atoms with Gasteiger partial charge in [-0.25, -0.2) is 14.7 Å². The maximum Gasteiger partial charge on any atom is 0.408 e. The van der Waals surface area contributed by atoms with Gasteiger partial charge in [0.1, 0.15) is 0 Å². The van der Waals surface area contributed by atoms with E-state index in [1.54, 1.807) is 34.7 Å². The van der Waals surface area contributed by atoms with Gasteiger partial charge in [0.15, 0.2) is 5.82 Å². The van der Waals surface area contributed by atoms with Gasteiger partial charge in [-0.3, -0.25) is 9.47 Å². The zero-order valence-electron chi connectivity index (χ0n) is 10.7. The van der Waals surface area contributed by atoms with E-state index in [0.717, 1.165) is 0 Å². The zero-order valence-corrected chi connectivity index (χ0v) is 10.7. The molecule has 0 fully saturated rings. The summed E-state index contributed by atoms with van der Waals surface area (Å²) in [7, 11) is 1.56. The highest BCUT2D eigenvalue weighted by Gasteiger charge is 2.33. The van der Waals surface area contributed by atoms with Crippen LogP contribution >= 0.6 is 0 Å². The molecule has 1 aromatic rings. The first-order valence-electron chi connectivity index (χ1n) is 5.29. The van der Waals surface area contributed by atoms with Gasteiger partial charge in [0, 0.05) is 12.6 Å². The molecule has 17 heavy (non-hydrogen) atoms. The lowest BCUT2D eigenvalue weighted by Gasteiger charge is -2.37. The molecule has 0 aromatic carbocycles. The van der Waals surface area contributed by atoms with Crippen molar-refractivity contribution in [1.29, 1.82) is 0 Å². The molecule has 1 unspecified atom stereocenters.